The smallest absolute Gasteiger partial charge is 0.308 e. The number of carbonyl (C=O) groups is 1. The van der Waals surface area contributed by atoms with E-state index in [1.54, 1.807) is 16.0 Å². The standard InChI is InChI=1S/C13H17N3O2S/c1-16-7-5-10(15-16)4-6-14-9-12-3-2-11(19-12)8-13(17)18/h2-3,5,7,14H,4,6,8-9H2,1H3,(H,17,18). The Morgan fingerprint density at radius 3 is 2.89 bits per heavy atom. The molecular weight excluding hydrogens is 262 g/mol. The van der Waals surface area contributed by atoms with Gasteiger partial charge in [-0.05, 0) is 18.2 Å². The highest BCUT2D eigenvalue weighted by Gasteiger charge is 2.04. The van der Waals surface area contributed by atoms with Gasteiger partial charge in [0, 0.05) is 42.5 Å². The molecule has 0 saturated carbocycles. The zero-order chi connectivity index (χ0) is 13.7. The summed E-state index contributed by atoms with van der Waals surface area (Å²) in [6.07, 6.45) is 2.94. The molecule has 0 fully saturated rings. The van der Waals surface area contributed by atoms with E-state index in [9.17, 15) is 4.79 Å². The lowest BCUT2D eigenvalue weighted by Gasteiger charge is -2.01. The quantitative estimate of drug-likeness (QED) is 0.753. The number of aryl methyl sites for hydroxylation is 1. The Bertz CT molecular complexity index is 548. The van der Waals surface area contributed by atoms with E-state index in [0.29, 0.717) is 0 Å². The van der Waals surface area contributed by atoms with Crippen molar-refractivity contribution in [3.05, 3.63) is 39.8 Å². The molecule has 0 unspecified atom stereocenters. The van der Waals surface area contributed by atoms with Crippen molar-refractivity contribution < 1.29 is 9.90 Å². The Morgan fingerprint density at radius 2 is 2.21 bits per heavy atom. The monoisotopic (exact) mass is 279 g/mol. The van der Waals surface area contributed by atoms with Crippen molar-refractivity contribution in [1.29, 1.82) is 0 Å². The van der Waals surface area contributed by atoms with Gasteiger partial charge in [0.2, 0.25) is 0 Å². The highest BCUT2D eigenvalue weighted by Crippen LogP contribution is 2.16. The lowest BCUT2D eigenvalue weighted by Crippen LogP contribution is -2.16. The van der Waals surface area contributed by atoms with Gasteiger partial charge in [-0.25, -0.2) is 0 Å². The van der Waals surface area contributed by atoms with Crippen LogP contribution in [-0.4, -0.2) is 27.4 Å². The lowest BCUT2D eigenvalue weighted by molar-refractivity contribution is -0.136. The fourth-order valence-corrected chi connectivity index (χ4v) is 2.76. The first-order chi connectivity index (χ1) is 9.13. The van der Waals surface area contributed by atoms with Gasteiger partial charge in [0.15, 0.2) is 0 Å². The fraction of sp³-hybridized carbons (Fsp3) is 0.385. The third-order valence-corrected chi connectivity index (χ3v) is 3.75. The lowest BCUT2D eigenvalue weighted by atomic mass is 10.3. The molecule has 0 bridgehead atoms. The third kappa shape index (κ3) is 4.50. The van der Waals surface area contributed by atoms with Crippen molar-refractivity contribution in [2.75, 3.05) is 6.54 Å². The number of rotatable bonds is 7. The van der Waals surface area contributed by atoms with Crippen molar-refractivity contribution in [1.82, 2.24) is 15.1 Å². The number of nitrogens with one attached hydrogen (secondary N) is 1. The van der Waals surface area contributed by atoms with E-state index in [1.807, 2.05) is 31.4 Å². The zero-order valence-corrected chi connectivity index (χ0v) is 11.6. The fourth-order valence-electron chi connectivity index (χ4n) is 1.79. The molecule has 0 aromatic carbocycles. The second kappa shape index (κ2) is 6.49. The van der Waals surface area contributed by atoms with Crippen LogP contribution in [0.15, 0.2) is 24.4 Å². The summed E-state index contributed by atoms with van der Waals surface area (Å²) in [6, 6.07) is 5.88. The van der Waals surface area contributed by atoms with Gasteiger partial charge in [-0.15, -0.1) is 11.3 Å². The maximum absolute atomic E-state index is 10.6. The van der Waals surface area contributed by atoms with Crippen molar-refractivity contribution >= 4 is 17.3 Å². The highest BCUT2D eigenvalue weighted by molar-refractivity contribution is 7.12. The third-order valence-electron chi connectivity index (χ3n) is 2.67. The molecule has 19 heavy (non-hydrogen) atoms. The minimum Gasteiger partial charge on any atom is -0.481 e. The van der Waals surface area contributed by atoms with Gasteiger partial charge in [0.05, 0.1) is 12.1 Å². The van der Waals surface area contributed by atoms with Gasteiger partial charge in [0.1, 0.15) is 0 Å². The molecule has 0 atom stereocenters. The summed E-state index contributed by atoms with van der Waals surface area (Å²) >= 11 is 1.55. The van der Waals surface area contributed by atoms with Crippen LogP contribution >= 0.6 is 11.3 Å². The molecule has 2 N–H and O–H groups in total. The molecule has 5 nitrogen and oxygen atoms in total. The largest absolute Gasteiger partial charge is 0.481 e. The Hall–Kier alpha value is -1.66. The molecule has 2 rings (SSSR count). The summed E-state index contributed by atoms with van der Waals surface area (Å²) in [5.74, 6) is -0.781. The van der Waals surface area contributed by atoms with E-state index < -0.39 is 5.97 Å². The van der Waals surface area contributed by atoms with Gasteiger partial charge in [-0.2, -0.15) is 5.10 Å². The first-order valence-corrected chi connectivity index (χ1v) is 6.94. The van der Waals surface area contributed by atoms with Crippen LogP contribution in [0.5, 0.6) is 0 Å². The van der Waals surface area contributed by atoms with E-state index in [0.717, 1.165) is 35.0 Å². The van der Waals surface area contributed by atoms with Crippen molar-refractivity contribution in [3.8, 4) is 0 Å². The molecule has 0 aliphatic heterocycles. The maximum atomic E-state index is 10.6. The van der Waals surface area contributed by atoms with Crippen LogP contribution in [-0.2, 0) is 31.2 Å². The summed E-state index contributed by atoms with van der Waals surface area (Å²) in [6.45, 7) is 1.64. The number of thiophene rings is 1. The molecule has 0 aliphatic rings. The molecule has 0 saturated heterocycles. The molecular formula is C13H17N3O2S. The average Bonchev–Trinajstić information content (AvgIpc) is 2.94. The summed E-state index contributed by atoms with van der Waals surface area (Å²) in [5.41, 5.74) is 1.08. The molecule has 2 aromatic heterocycles. The highest BCUT2D eigenvalue weighted by atomic mass is 32.1. The number of aliphatic carboxylic acids is 1. The first kappa shape index (κ1) is 13.8. The molecule has 2 aromatic rings. The van der Waals surface area contributed by atoms with Crippen molar-refractivity contribution in [3.63, 3.8) is 0 Å². The van der Waals surface area contributed by atoms with Gasteiger partial charge in [-0.3, -0.25) is 9.48 Å². The summed E-state index contributed by atoms with van der Waals surface area (Å²) in [5, 5.41) is 16.3. The molecule has 102 valence electrons. The maximum Gasteiger partial charge on any atom is 0.308 e. The molecule has 6 heteroatoms. The van der Waals surface area contributed by atoms with Crippen LogP contribution in [0, 0.1) is 0 Å². The molecule has 0 aliphatic carbocycles. The van der Waals surface area contributed by atoms with Crippen LogP contribution < -0.4 is 5.32 Å². The minimum absolute atomic E-state index is 0.110. The summed E-state index contributed by atoms with van der Waals surface area (Å²) < 4.78 is 1.80. The molecule has 0 spiro atoms. The molecule has 2 heterocycles. The number of carboxylic acid groups (broad SMARTS) is 1. The van der Waals surface area contributed by atoms with Gasteiger partial charge < -0.3 is 10.4 Å². The Kier molecular flexibility index (Phi) is 4.70. The number of nitrogens with zero attached hydrogens (tertiary/aromatic N) is 2. The minimum atomic E-state index is -0.781. The summed E-state index contributed by atoms with van der Waals surface area (Å²) in [7, 11) is 1.91. The van der Waals surface area contributed by atoms with E-state index in [2.05, 4.69) is 10.4 Å². The van der Waals surface area contributed by atoms with Gasteiger partial charge in [-0.1, -0.05) is 0 Å². The van der Waals surface area contributed by atoms with Crippen molar-refractivity contribution in [2.24, 2.45) is 7.05 Å². The first-order valence-electron chi connectivity index (χ1n) is 6.12. The Balaban J connectivity index is 1.70. The number of hydrogen-bond donors (Lipinski definition) is 2. The van der Waals surface area contributed by atoms with Crippen molar-refractivity contribution in [2.45, 2.75) is 19.4 Å². The van der Waals surface area contributed by atoms with Gasteiger partial charge >= 0.3 is 5.97 Å². The van der Waals surface area contributed by atoms with E-state index in [4.69, 9.17) is 5.11 Å². The summed E-state index contributed by atoms with van der Waals surface area (Å²) in [4.78, 5) is 12.6. The van der Waals surface area contributed by atoms with Crippen LogP contribution in [0.3, 0.4) is 0 Å². The second-order valence-electron chi connectivity index (χ2n) is 4.35. The van der Waals surface area contributed by atoms with E-state index >= 15 is 0 Å². The average molecular weight is 279 g/mol. The van der Waals surface area contributed by atoms with Crippen LogP contribution in [0.25, 0.3) is 0 Å². The Morgan fingerprint density at radius 1 is 1.42 bits per heavy atom. The van der Waals surface area contributed by atoms with Crippen LogP contribution in [0.4, 0.5) is 0 Å². The van der Waals surface area contributed by atoms with E-state index in [1.165, 1.54) is 0 Å². The predicted molar refractivity (Wildman–Crippen MR) is 74.3 cm³/mol. The van der Waals surface area contributed by atoms with Crippen LogP contribution in [0.1, 0.15) is 15.4 Å². The zero-order valence-electron chi connectivity index (χ0n) is 10.8. The Labute approximate surface area is 115 Å². The van der Waals surface area contributed by atoms with Crippen LogP contribution in [0.2, 0.25) is 0 Å². The topological polar surface area (TPSA) is 67.2 Å². The SMILES string of the molecule is Cn1ccc(CCNCc2ccc(CC(=O)O)s2)n1. The van der Waals surface area contributed by atoms with Gasteiger partial charge in [0.25, 0.3) is 0 Å². The number of carboxylic acids is 1. The normalized spacial score (nSPS) is 10.8. The molecule has 0 radical (unpaired) electrons. The predicted octanol–water partition coefficient (Wildman–Crippen LogP) is 1.44. The van der Waals surface area contributed by atoms with E-state index in [-0.39, 0.29) is 6.42 Å². The second-order valence-corrected chi connectivity index (χ2v) is 5.60. The number of hydrogen-bond acceptors (Lipinski definition) is 4. The number of aromatic nitrogens is 2. The molecule has 0 amide bonds.